The second kappa shape index (κ2) is 11.5. The summed E-state index contributed by atoms with van der Waals surface area (Å²) in [4.78, 5) is 27.4. The van der Waals surface area contributed by atoms with Gasteiger partial charge in [0.1, 0.15) is 11.8 Å². The summed E-state index contributed by atoms with van der Waals surface area (Å²) < 4.78 is 5.28. The first kappa shape index (κ1) is 22.8. The third-order valence-electron chi connectivity index (χ3n) is 4.75. The van der Waals surface area contributed by atoms with Crippen LogP contribution in [0.15, 0.2) is 48.5 Å². The van der Waals surface area contributed by atoms with Crippen molar-refractivity contribution in [3.8, 4) is 5.75 Å². The second-order valence-electron chi connectivity index (χ2n) is 7.00. The van der Waals surface area contributed by atoms with Crippen LogP contribution in [0.5, 0.6) is 5.75 Å². The zero-order valence-corrected chi connectivity index (χ0v) is 18.0. The molecule has 2 amide bonds. The largest absolute Gasteiger partial charge is 0.497 e. The van der Waals surface area contributed by atoms with Gasteiger partial charge in [0.2, 0.25) is 11.8 Å². The maximum atomic E-state index is 13.1. The van der Waals surface area contributed by atoms with Crippen LogP contribution in [0.3, 0.4) is 0 Å². The summed E-state index contributed by atoms with van der Waals surface area (Å²) in [6, 6.07) is 14.1. The lowest BCUT2D eigenvalue weighted by Gasteiger charge is -2.29. The number of carbonyl (C=O) groups excluding carboxylic acids is 2. The van der Waals surface area contributed by atoms with Crippen molar-refractivity contribution < 1.29 is 14.3 Å². The Balaban J connectivity index is 2.19. The van der Waals surface area contributed by atoms with Crippen LogP contribution in [-0.4, -0.2) is 36.4 Å². The summed E-state index contributed by atoms with van der Waals surface area (Å²) in [5, 5.41) is 3.55. The normalized spacial score (nSPS) is 11.6. The standard InChI is InChI=1S/C23H29ClN2O3/c1-4-5-13-25-23(28)17(2)26(16-19-7-6-8-21(14-19)29-3)22(27)15-18-9-11-20(24)12-10-18/h6-12,14,17H,4-5,13,15-16H2,1-3H3,(H,25,28)/t17-/m0/s1. The maximum Gasteiger partial charge on any atom is 0.242 e. The fourth-order valence-corrected chi connectivity index (χ4v) is 3.09. The van der Waals surface area contributed by atoms with Gasteiger partial charge in [-0.25, -0.2) is 0 Å². The van der Waals surface area contributed by atoms with Crippen molar-refractivity contribution in [2.45, 2.75) is 45.7 Å². The molecule has 0 unspecified atom stereocenters. The van der Waals surface area contributed by atoms with Crippen LogP contribution in [0.1, 0.15) is 37.8 Å². The lowest BCUT2D eigenvalue weighted by molar-refractivity contribution is -0.140. The summed E-state index contributed by atoms with van der Waals surface area (Å²) in [6.07, 6.45) is 2.11. The monoisotopic (exact) mass is 416 g/mol. The van der Waals surface area contributed by atoms with Gasteiger partial charge in [0.15, 0.2) is 0 Å². The number of methoxy groups -OCH3 is 1. The fourth-order valence-electron chi connectivity index (χ4n) is 2.96. The molecule has 0 heterocycles. The number of benzene rings is 2. The average Bonchev–Trinajstić information content (AvgIpc) is 2.73. The maximum absolute atomic E-state index is 13.1. The highest BCUT2D eigenvalue weighted by molar-refractivity contribution is 6.30. The van der Waals surface area contributed by atoms with Gasteiger partial charge in [0.25, 0.3) is 0 Å². The number of nitrogens with one attached hydrogen (secondary N) is 1. The summed E-state index contributed by atoms with van der Waals surface area (Å²) in [6.45, 7) is 4.77. The molecule has 2 rings (SSSR count). The number of hydrogen-bond acceptors (Lipinski definition) is 3. The van der Waals surface area contributed by atoms with E-state index in [1.165, 1.54) is 0 Å². The number of rotatable bonds is 10. The van der Waals surface area contributed by atoms with Crippen molar-refractivity contribution in [2.24, 2.45) is 0 Å². The van der Waals surface area contributed by atoms with Crippen molar-refractivity contribution in [3.63, 3.8) is 0 Å². The SMILES string of the molecule is CCCCNC(=O)[C@H](C)N(Cc1cccc(OC)c1)C(=O)Cc1ccc(Cl)cc1. The zero-order chi connectivity index (χ0) is 21.2. The number of ether oxygens (including phenoxy) is 1. The molecule has 0 radical (unpaired) electrons. The van der Waals surface area contributed by atoms with E-state index in [9.17, 15) is 9.59 Å². The Labute approximate surface area is 178 Å². The molecule has 0 saturated carbocycles. The molecular formula is C23H29ClN2O3. The summed E-state index contributed by atoms with van der Waals surface area (Å²) in [5.74, 6) is 0.451. The Hall–Kier alpha value is -2.53. The van der Waals surface area contributed by atoms with Crippen LogP contribution in [0.2, 0.25) is 5.02 Å². The number of carbonyl (C=O) groups is 2. The molecule has 29 heavy (non-hydrogen) atoms. The highest BCUT2D eigenvalue weighted by Gasteiger charge is 2.26. The molecule has 0 fully saturated rings. The first-order valence-corrected chi connectivity index (χ1v) is 10.3. The Morgan fingerprint density at radius 3 is 2.52 bits per heavy atom. The van der Waals surface area contributed by atoms with Crippen molar-refractivity contribution in [3.05, 3.63) is 64.7 Å². The van der Waals surface area contributed by atoms with Gasteiger partial charge in [-0.3, -0.25) is 9.59 Å². The quantitative estimate of drug-likeness (QED) is 0.590. The fraction of sp³-hybridized carbons (Fsp3) is 0.391. The highest BCUT2D eigenvalue weighted by atomic mass is 35.5. The number of amides is 2. The van der Waals surface area contributed by atoms with E-state index in [0.717, 1.165) is 24.0 Å². The molecule has 0 aromatic heterocycles. The Morgan fingerprint density at radius 2 is 1.86 bits per heavy atom. The van der Waals surface area contributed by atoms with Crippen LogP contribution in [0.4, 0.5) is 0 Å². The van der Waals surface area contributed by atoms with Gasteiger partial charge in [-0.1, -0.05) is 49.2 Å². The van der Waals surface area contributed by atoms with E-state index in [4.69, 9.17) is 16.3 Å². The van der Waals surface area contributed by atoms with Crippen molar-refractivity contribution in [1.82, 2.24) is 10.2 Å². The molecule has 1 atom stereocenters. The predicted octanol–water partition coefficient (Wildman–Crippen LogP) is 4.22. The van der Waals surface area contributed by atoms with Gasteiger partial charge in [-0.05, 0) is 48.7 Å². The zero-order valence-electron chi connectivity index (χ0n) is 17.3. The van der Waals surface area contributed by atoms with Gasteiger partial charge < -0.3 is 15.0 Å². The van der Waals surface area contributed by atoms with Gasteiger partial charge in [0, 0.05) is 18.1 Å². The van der Waals surface area contributed by atoms with E-state index >= 15 is 0 Å². The minimum Gasteiger partial charge on any atom is -0.497 e. The van der Waals surface area contributed by atoms with E-state index in [1.807, 2.05) is 36.4 Å². The lowest BCUT2D eigenvalue weighted by Crippen LogP contribution is -2.48. The Bertz CT molecular complexity index is 808. The van der Waals surface area contributed by atoms with Crippen LogP contribution in [0, 0.1) is 0 Å². The highest BCUT2D eigenvalue weighted by Crippen LogP contribution is 2.18. The summed E-state index contributed by atoms with van der Waals surface area (Å²) >= 11 is 5.94. The minimum atomic E-state index is -0.585. The third-order valence-corrected chi connectivity index (χ3v) is 5.00. The van der Waals surface area contributed by atoms with Crippen molar-refractivity contribution in [2.75, 3.05) is 13.7 Å². The lowest BCUT2D eigenvalue weighted by atomic mass is 10.1. The minimum absolute atomic E-state index is 0.117. The second-order valence-corrected chi connectivity index (χ2v) is 7.43. The summed E-state index contributed by atoms with van der Waals surface area (Å²) in [7, 11) is 1.60. The molecular weight excluding hydrogens is 388 g/mol. The van der Waals surface area contributed by atoms with Crippen molar-refractivity contribution in [1.29, 1.82) is 0 Å². The van der Waals surface area contributed by atoms with Crippen LogP contribution < -0.4 is 10.1 Å². The molecule has 0 saturated heterocycles. The molecule has 0 spiro atoms. The Kier molecular flexibility index (Phi) is 9.00. The van der Waals surface area contributed by atoms with Gasteiger partial charge in [-0.2, -0.15) is 0 Å². The van der Waals surface area contributed by atoms with Crippen LogP contribution >= 0.6 is 11.6 Å². The molecule has 5 nitrogen and oxygen atoms in total. The molecule has 0 aliphatic heterocycles. The first-order chi connectivity index (χ1) is 13.9. The molecule has 0 aliphatic rings. The third kappa shape index (κ3) is 7.09. The topological polar surface area (TPSA) is 58.6 Å². The molecule has 0 bridgehead atoms. The smallest absolute Gasteiger partial charge is 0.242 e. The molecule has 1 N–H and O–H groups in total. The number of halogens is 1. The molecule has 156 valence electrons. The average molecular weight is 417 g/mol. The van der Waals surface area contributed by atoms with Gasteiger partial charge >= 0.3 is 0 Å². The predicted molar refractivity (Wildman–Crippen MR) is 116 cm³/mol. The van der Waals surface area contributed by atoms with Gasteiger partial charge in [0.05, 0.1) is 13.5 Å². The number of unbranched alkanes of at least 4 members (excludes halogenated alkanes) is 1. The van der Waals surface area contributed by atoms with E-state index < -0.39 is 6.04 Å². The van der Waals surface area contributed by atoms with E-state index in [1.54, 1.807) is 31.1 Å². The Morgan fingerprint density at radius 1 is 1.14 bits per heavy atom. The molecule has 2 aromatic carbocycles. The summed E-state index contributed by atoms with van der Waals surface area (Å²) in [5.41, 5.74) is 1.76. The van der Waals surface area contributed by atoms with Gasteiger partial charge in [-0.15, -0.1) is 0 Å². The molecule has 6 heteroatoms. The molecule has 0 aliphatic carbocycles. The van der Waals surface area contributed by atoms with E-state index in [-0.39, 0.29) is 18.2 Å². The van der Waals surface area contributed by atoms with E-state index in [0.29, 0.717) is 23.9 Å². The van der Waals surface area contributed by atoms with Crippen LogP contribution in [-0.2, 0) is 22.6 Å². The molecule has 2 aromatic rings. The van der Waals surface area contributed by atoms with Crippen LogP contribution in [0.25, 0.3) is 0 Å². The number of hydrogen-bond donors (Lipinski definition) is 1. The van der Waals surface area contributed by atoms with Crippen molar-refractivity contribution >= 4 is 23.4 Å². The van der Waals surface area contributed by atoms with E-state index in [2.05, 4.69) is 12.2 Å². The first-order valence-electron chi connectivity index (χ1n) is 9.89. The number of nitrogens with zero attached hydrogens (tertiary/aromatic N) is 1.